The molecule has 3 N–H and O–H groups in total. The lowest BCUT2D eigenvalue weighted by atomic mass is 9.98. The number of rotatable bonds is 5. The molecular formula is C23H28ClN7O3S. The van der Waals surface area contributed by atoms with Gasteiger partial charge >= 0.3 is 11.8 Å². The Balaban J connectivity index is 1.24. The van der Waals surface area contributed by atoms with Crippen LogP contribution in [0.3, 0.4) is 0 Å². The first-order chi connectivity index (χ1) is 16.9. The predicted octanol–water partition coefficient (Wildman–Crippen LogP) is 1.27. The number of likely N-dealkylation sites (N-methyl/N-ethyl adjacent to an activating group) is 1. The number of piperidine rings is 1. The summed E-state index contributed by atoms with van der Waals surface area (Å²) in [6.45, 7) is 3.16. The highest BCUT2D eigenvalue weighted by Gasteiger charge is 2.39. The van der Waals surface area contributed by atoms with Gasteiger partial charge in [-0.1, -0.05) is 11.6 Å². The van der Waals surface area contributed by atoms with Crippen LogP contribution in [0.2, 0.25) is 5.02 Å². The zero-order valence-electron chi connectivity index (χ0n) is 19.4. The van der Waals surface area contributed by atoms with E-state index in [1.165, 1.54) is 23.6 Å². The summed E-state index contributed by atoms with van der Waals surface area (Å²) in [4.78, 5) is 52.5. The fraction of sp³-hybridized carbons (Fsp3) is 0.522. The Morgan fingerprint density at radius 2 is 1.91 bits per heavy atom. The topological polar surface area (TPSA) is 120 Å². The van der Waals surface area contributed by atoms with Crippen molar-refractivity contribution in [2.24, 2.45) is 0 Å². The molecule has 2 aliphatic heterocycles. The van der Waals surface area contributed by atoms with Gasteiger partial charge in [-0.2, -0.15) is 0 Å². The number of thiazole rings is 1. The summed E-state index contributed by atoms with van der Waals surface area (Å²) in [5.41, 5.74) is 0.999. The van der Waals surface area contributed by atoms with Crippen LogP contribution in [0, 0.1) is 0 Å². The number of carbonyl (C=O) groups excluding carboxylic acids is 3. The molecule has 0 unspecified atom stereocenters. The molecule has 2 aromatic heterocycles. The molecule has 2 atom stereocenters. The molecule has 12 heteroatoms. The highest BCUT2D eigenvalue weighted by Crippen LogP contribution is 2.30. The molecule has 186 valence electrons. The maximum absolute atomic E-state index is 13.1. The number of likely N-dealkylation sites (tertiary alicyclic amines) is 1. The summed E-state index contributed by atoms with van der Waals surface area (Å²) in [7, 11) is 2.06. The third-order valence-corrected chi connectivity index (χ3v) is 7.94. The van der Waals surface area contributed by atoms with Crippen molar-refractivity contribution in [3.05, 3.63) is 38.9 Å². The molecule has 1 saturated carbocycles. The van der Waals surface area contributed by atoms with Crippen LogP contribution in [0.15, 0.2) is 18.3 Å². The number of carbonyl (C=O) groups is 3. The van der Waals surface area contributed by atoms with Crippen LogP contribution in [0.5, 0.6) is 0 Å². The van der Waals surface area contributed by atoms with E-state index < -0.39 is 11.8 Å². The van der Waals surface area contributed by atoms with Gasteiger partial charge in [-0.3, -0.25) is 19.3 Å². The summed E-state index contributed by atoms with van der Waals surface area (Å²) in [5.74, 6) is -1.57. The first-order valence-corrected chi connectivity index (χ1v) is 13.0. The van der Waals surface area contributed by atoms with Crippen LogP contribution in [0.4, 0.5) is 5.82 Å². The van der Waals surface area contributed by atoms with Crippen molar-refractivity contribution < 1.29 is 14.4 Å². The lowest BCUT2D eigenvalue weighted by molar-refractivity contribution is -0.137. The van der Waals surface area contributed by atoms with E-state index in [-0.39, 0.29) is 23.8 Å². The predicted molar refractivity (Wildman–Crippen MR) is 132 cm³/mol. The second-order valence-corrected chi connectivity index (χ2v) is 10.9. The van der Waals surface area contributed by atoms with Crippen LogP contribution in [-0.2, 0) is 22.6 Å². The number of nitrogens with one attached hydrogen (secondary N) is 3. The maximum atomic E-state index is 13.1. The van der Waals surface area contributed by atoms with Gasteiger partial charge in [0.15, 0.2) is 5.01 Å². The monoisotopic (exact) mass is 517 g/mol. The van der Waals surface area contributed by atoms with Crippen molar-refractivity contribution in [1.82, 2.24) is 30.4 Å². The summed E-state index contributed by atoms with van der Waals surface area (Å²) >= 11 is 7.25. The number of nitrogens with zero attached hydrogens (tertiary/aromatic N) is 4. The van der Waals surface area contributed by atoms with Crippen molar-refractivity contribution in [2.45, 2.75) is 50.4 Å². The van der Waals surface area contributed by atoms with Gasteiger partial charge in [0.1, 0.15) is 5.82 Å². The van der Waals surface area contributed by atoms with Gasteiger partial charge in [-0.05, 0) is 38.4 Å². The van der Waals surface area contributed by atoms with Crippen LogP contribution in [0.25, 0.3) is 0 Å². The molecule has 3 aliphatic rings. The smallest absolute Gasteiger partial charge is 0.314 e. The van der Waals surface area contributed by atoms with Gasteiger partial charge in [0, 0.05) is 49.7 Å². The second-order valence-electron chi connectivity index (χ2n) is 9.37. The summed E-state index contributed by atoms with van der Waals surface area (Å²) in [6, 6.07) is 2.94. The Kier molecular flexibility index (Phi) is 7.01. The highest BCUT2D eigenvalue weighted by atomic mass is 35.5. The SMILES string of the molecule is CN1CCc2nc(C(=O)N[C@@H]3CN(C4CC4)CC[C@@H]3NC(=O)C(=O)Nc3ccc(Cl)cn3)sc2C1. The first kappa shape index (κ1) is 24.1. The molecular weight excluding hydrogens is 490 g/mol. The second kappa shape index (κ2) is 10.2. The number of hydrogen-bond donors (Lipinski definition) is 3. The number of halogens is 1. The molecule has 10 nitrogen and oxygen atoms in total. The Labute approximate surface area is 212 Å². The molecule has 0 aromatic carbocycles. The average Bonchev–Trinajstić information content (AvgIpc) is 3.60. The van der Waals surface area contributed by atoms with E-state index >= 15 is 0 Å². The van der Waals surface area contributed by atoms with Gasteiger partial charge in [0.25, 0.3) is 5.91 Å². The summed E-state index contributed by atoms with van der Waals surface area (Å²) in [6.07, 6.45) is 5.17. The molecule has 35 heavy (non-hydrogen) atoms. The Morgan fingerprint density at radius 1 is 1.09 bits per heavy atom. The quantitative estimate of drug-likeness (QED) is 0.511. The van der Waals surface area contributed by atoms with E-state index in [9.17, 15) is 14.4 Å². The van der Waals surface area contributed by atoms with E-state index in [0.717, 1.165) is 49.5 Å². The van der Waals surface area contributed by atoms with Gasteiger partial charge in [-0.15, -0.1) is 11.3 Å². The van der Waals surface area contributed by atoms with E-state index in [1.807, 2.05) is 0 Å². The molecule has 1 aliphatic carbocycles. The highest BCUT2D eigenvalue weighted by molar-refractivity contribution is 7.13. The molecule has 5 rings (SSSR count). The van der Waals surface area contributed by atoms with Crippen molar-refractivity contribution in [2.75, 3.05) is 32.0 Å². The largest absolute Gasteiger partial charge is 0.344 e. The molecule has 2 aromatic rings. The molecule has 4 heterocycles. The molecule has 0 spiro atoms. The van der Waals surface area contributed by atoms with Crippen molar-refractivity contribution in [1.29, 1.82) is 0 Å². The minimum atomic E-state index is -0.814. The van der Waals surface area contributed by atoms with Crippen LogP contribution >= 0.6 is 22.9 Å². The minimum absolute atomic E-state index is 0.233. The zero-order chi connectivity index (χ0) is 24.5. The molecule has 0 radical (unpaired) electrons. The summed E-state index contributed by atoms with van der Waals surface area (Å²) < 4.78 is 0. The average molecular weight is 518 g/mol. The van der Waals surface area contributed by atoms with Crippen LogP contribution in [0.1, 0.15) is 39.6 Å². The van der Waals surface area contributed by atoms with Crippen LogP contribution in [-0.4, -0.2) is 82.3 Å². The van der Waals surface area contributed by atoms with Gasteiger partial charge < -0.3 is 20.9 Å². The minimum Gasteiger partial charge on any atom is -0.344 e. The number of fused-ring (bicyclic) bond motifs is 1. The Hall–Kier alpha value is -2.60. The van der Waals surface area contributed by atoms with E-state index in [2.05, 4.69) is 42.8 Å². The van der Waals surface area contributed by atoms with E-state index in [4.69, 9.17) is 11.6 Å². The van der Waals surface area contributed by atoms with Gasteiger partial charge in [-0.25, -0.2) is 9.97 Å². The zero-order valence-corrected chi connectivity index (χ0v) is 21.0. The molecule has 3 amide bonds. The van der Waals surface area contributed by atoms with E-state index in [0.29, 0.717) is 29.0 Å². The standard InChI is InChI=1S/C23H28ClN7O3S/c1-30-8-6-16-18(12-30)35-23(28-16)22(34)27-17-11-31(14-3-4-14)9-7-15(17)26-20(32)21(33)29-19-5-2-13(24)10-25-19/h2,5,10,14-15,17H,3-4,6-9,11-12H2,1H3,(H,26,32)(H,27,34)(H,25,29,33)/t15-,17+/m0/s1. The Morgan fingerprint density at radius 3 is 2.66 bits per heavy atom. The fourth-order valence-corrected chi connectivity index (χ4v) is 5.78. The van der Waals surface area contributed by atoms with Crippen molar-refractivity contribution >= 4 is 46.5 Å². The number of amides is 3. The van der Waals surface area contributed by atoms with Gasteiger partial charge in [0.2, 0.25) is 0 Å². The van der Waals surface area contributed by atoms with Crippen molar-refractivity contribution in [3.8, 4) is 0 Å². The number of aromatic nitrogens is 2. The normalized spacial score (nSPS) is 22.8. The third kappa shape index (κ3) is 5.80. The van der Waals surface area contributed by atoms with Crippen LogP contribution < -0.4 is 16.0 Å². The van der Waals surface area contributed by atoms with Crippen molar-refractivity contribution in [3.63, 3.8) is 0 Å². The third-order valence-electron chi connectivity index (χ3n) is 6.63. The molecule has 2 fully saturated rings. The van der Waals surface area contributed by atoms with E-state index in [1.54, 1.807) is 6.07 Å². The molecule has 0 bridgehead atoms. The number of pyridine rings is 1. The fourth-order valence-electron chi connectivity index (χ4n) is 4.57. The number of hydrogen-bond acceptors (Lipinski definition) is 8. The first-order valence-electron chi connectivity index (χ1n) is 11.8. The Bertz CT molecular complexity index is 1120. The lowest BCUT2D eigenvalue weighted by Crippen LogP contribution is -2.61. The maximum Gasteiger partial charge on any atom is 0.314 e. The summed E-state index contributed by atoms with van der Waals surface area (Å²) in [5, 5.41) is 9.28. The number of anilines is 1. The molecule has 1 saturated heterocycles. The van der Waals surface area contributed by atoms with Gasteiger partial charge in [0.05, 0.1) is 22.8 Å². The lowest BCUT2D eigenvalue weighted by Gasteiger charge is -2.39.